The van der Waals surface area contributed by atoms with E-state index in [1.807, 2.05) is 59.5 Å². The predicted molar refractivity (Wildman–Crippen MR) is 132 cm³/mol. The smallest absolute Gasteiger partial charge is 0.299 e. The summed E-state index contributed by atoms with van der Waals surface area (Å²) in [6.45, 7) is 3.02. The molecule has 172 valence electrons. The fourth-order valence-electron chi connectivity index (χ4n) is 4.67. The number of nitrogens with zero attached hydrogens (tertiary/aromatic N) is 3. The van der Waals surface area contributed by atoms with Crippen molar-refractivity contribution in [3.63, 3.8) is 0 Å². The van der Waals surface area contributed by atoms with Gasteiger partial charge in [-0.25, -0.2) is 4.98 Å². The van der Waals surface area contributed by atoms with Crippen molar-refractivity contribution in [2.24, 2.45) is 5.73 Å². The van der Waals surface area contributed by atoms with E-state index < -0.39 is 5.91 Å². The van der Waals surface area contributed by atoms with Crippen LogP contribution in [0.5, 0.6) is 11.5 Å². The van der Waals surface area contributed by atoms with Crippen LogP contribution in [0.4, 0.5) is 5.13 Å². The molecule has 2 aliphatic rings. The maximum atomic E-state index is 12.4. The fraction of sp³-hybridized carbons (Fsp3) is 0.269. The molecule has 2 atom stereocenters. The van der Waals surface area contributed by atoms with Gasteiger partial charge in [0.1, 0.15) is 16.4 Å². The first-order valence-corrected chi connectivity index (χ1v) is 12.0. The average Bonchev–Trinajstić information content (AvgIpc) is 3.40. The molecule has 0 aliphatic carbocycles. The van der Waals surface area contributed by atoms with Gasteiger partial charge in [-0.15, -0.1) is 0 Å². The van der Waals surface area contributed by atoms with E-state index in [0.717, 1.165) is 29.3 Å². The maximum absolute atomic E-state index is 12.4. The summed E-state index contributed by atoms with van der Waals surface area (Å²) < 4.78 is 5.87. The number of amides is 2. The number of carbonyl (C=O) groups excluding carboxylic acids is 2. The number of ether oxygens (including phenoxy) is 1. The molecule has 2 aromatic carbocycles. The zero-order chi connectivity index (χ0) is 23.7. The summed E-state index contributed by atoms with van der Waals surface area (Å²) in [6, 6.07) is 17.2. The summed E-state index contributed by atoms with van der Waals surface area (Å²) in [5.74, 6) is 6.22. The molecule has 7 nitrogen and oxygen atoms in total. The molecule has 2 amide bonds. The molecule has 2 bridgehead atoms. The Hall–Kier alpha value is -3.83. The van der Waals surface area contributed by atoms with Crippen LogP contribution in [0.2, 0.25) is 0 Å². The van der Waals surface area contributed by atoms with Crippen LogP contribution in [0.1, 0.15) is 29.4 Å². The number of piperazine rings is 1. The van der Waals surface area contributed by atoms with Gasteiger partial charge in [0, 0.05) is 18.7 Å². The SMILES string of the molecule is CC#CC(=O)N1[C@@H]2CC[C@H]1CN(c1nc(-c3ccc(Oc4ccccc4)cc3)c(C(N)=O)s1)C2. The van der Waals surface area contributed by atoms with Crippen molar-refractivity contribution >= 4 is 28.3 Å². The Morgan fingerprint density at radius 1 is 1.03 bits per heavy atom. The number of hydrogen-bond acceptors (Lipinski definition) is 6. The molecule has 1 aromatic heterocycles. The number of hydrogen-bond donors (Lipinski definition) is 1. The number of primary amides is 1. The van der Waals surface area contributed by atoms with Gasteiger partial charge >= 0.3 is 0 Å². The highest BCUT2D eigenvalue weighted by molar-refractivity contribution is 7.18. The van der Waals surface area contributed by atoms with Crippen molar-refractivity contribution in [3.05, 3.63) is 59.5 Å². The molecular formula is C26H24N4O3S. The second-order valence-electron chi connectivity index (χ2n) is 8.36. The molecule has 0 radical (unpaired) electrons. The summed E-state index contributed by atoms with van der Waals surface area (Å²) in [6.07, 6.45) is 1.89. The summed E-state index contributed by atoms with van der Waals surface area (Å²) >= 11 is 1.31. The molecule has 3 aromatic rings. The number of anilines is 1. The van der Waals surface area contributed by atoms with Crippen LogP contribution < -0.4 is 15.4 Å². The molecule has 2 saturated heterocycles. The Labute approximate surface area is 202 Å². The van der Waals surface area contributed by atoms with Gasteiger partial charge in [-0.05, 0) is 62.1 Å². The minimum absolute atomic E-state index is 0.103. The van der Waals surface area contributed by atoms with E-state index in [2.05, 4.69) is 16.7 Å². The van der Waals surface area contributed by atoms with Gasteiger partial charge in [-0.2, -0.15) is 0 Å². The first-order chi connectivity index (χ1) is 16.5. The highest BCUT2D eigenvalue weighted by atomic mass is 32.1. The number of nitrogens with two attached hydrogens (primary N) is 1. The number of benzene rings is 2. The molecule has 0 spiro atoms. The molecular weight excluding hydrogens is 448 g/mol. The number of carbonyl (C=O) groups is 2. The van der Waals surface area contributed by atoms with E-state index in [-0.39, 0.29) is 18.0 Å². The van der Waals surface area contributed by atoms with Gasteiger partial charge in [-0.1, -0.05) is 35.5 Å². The van der Waals surface area contributed by atoms with Crippen LogP contribution in [0.25, 0.3) is 11.3 Å². The van der Waals surface area contributed by atoms with Crippen LogP contribution in [-0.2, 0) is 4.79 Å². The monoisotopic (exact) mass is 472 g/mol. The summed E-state index contributed by atoms with van der Waals surface area (Å²) in [5, 5.41) is 0.749. The Kier molecular flexibility index (Phi) is 5.95. The zero-order valence-electron chi connectivity index (χ0n) is 18.7. The molecule has 0 saturated carbocycles. The van der Waals surface area contributed by atoms with E-state index >= 15 is 0 Å². The third-order valence-corrected chi connectivity index (χ3v) is 7.30. The second-order valence-corrected chi connectivity index (χ2v) is 9.33. The first-order valence-electron chi connectivity index (χ1n) is 11.2. The van der Waals surface area contributed by atoms with Gasteiger partial charge in [-0.3, -0.25) is 9.59 Å². The van der Waals surface area contributed by atoms with Gasteiger partial charge in [0.05, 0.1) is 17.8 Å². The van der Waals surface area contributed by atoms with Gasteiger partial charge < -0.3 is 20.3 Å². The van der Waals surface area contributed by atoms with Crippen LogP contribution in [0.15, 0.2) is 54.6 Å². The van der Waals surface area contributed by atoms with E-state index in [9.17, 15) is 9.59 Å². The summed E-state index contributed by atoms with van der Waals surface area (Å²) in [7, 11) is 0. The Morgan fingerprint density at radius 3 is 2.29 bits per heavy atom. The van der Waals surface area contributed by atoms with E-state index in [1.54, 1.807) is 6.92 Å². The van der Waals surface area contributed by atoms with Gasteiger partial charge in [0.2, 0.25) is 0 Å². The minimum atomic E-state index is -0.502. The summed E-state index contributed by atoms with van der Waals surface area (Å²) in [4.78, 5) is 34.0. The lowest BCUT2D eigenvalue weighted by molar-refractivity contribution is -0.128. The molecule has 5 rings (SSSR count). The predicted octanol–water partition coefficient (Wildman–Crippen LogP) is 3.90. The summed E-state index contributed by atoms with van der Waals surface area (Å²) in [5.41, 5.74) is 7.08. The van der Waals surface area contributed by atoms with Gasteiger partial charge in [0.15, 0.2) is 5.13 Å². The minimum Gasteiger partial charge on any atom is -0.457 e. The molecule has 34 heavy (non-hydrogen) atoms. The van der Waals surface area contributed by atoms with Gasteiger partial charge in [0.25, 0.3) is 11.8 Å². The highest BCUT2D eigenvalue weighted by Crippen LogP contribution is 2.38. The third-order valence-electron chi connectivity index (χ3n) is 6.17. The van der Waals surface area contributed by atoms with Crippen molar-refractivity contribution < 1.29 is 14.3 Å². The topological polar surface area (TPSA) is 88.8 Å². The molecule has 0 unspecified atom stereocenters. The number of aromatic nitrogens is 1. The van der Waals surface area contributed by atoms with E-state index in [4.69, 9.17) is 15.5 Å². The number of thiazole rings is 1. The van der Waals surface area contributed by atoms with Crippen LogP contribution in [-0.4, -0.2) is 46.9 Å². The Morgan fingerprint density at radius 2 is 1.68 bits per heavy atom. The van der Waals surface area contributed by atoms with E-state index in [0.29, 0.717) is 29.4 Å². The lowest BCUT2D eigenvalue weighted by Crippen LogP contribution is -2.55. The molecule has 2 N–H and O–H groups in total. The lowest BCUT2D eigenvalue weighted by atomic mass is 10.1. The second kappa shape index (κ2) is 9.20. The van der Waals surface area contributed by atoms with Crippen LogP contribution >= 0.6 is 11.3 Å². The number of rotatable bonds is 5. The van der Waals surface area contributed by atoms with Crippen molar-refractivity contribution in [1.82, 2.24) is 9.88 Å². The van der Waals surface area contributed by atoms with Crippen molar-refractivity contribution in [3.8, 4) is 34.6 Å². The van der Waals surface area contributed by atoms with Crippen molar-refractivity contribution in [2.75, 3.05) is 18.0 Å². The Balaban J connectivity index is 1.38. The molecule has 2 fully saturated rings. The van der Waals surface area contributed by atoms with Crippen molar-refractivity contribution in [2.45, 2.75) is 31.8 Å². The maximum Gasteiger partial charge on any atom is 0.299 e. The van der Waals surface area contributed by atoms with E-state index in [1.165, 1.54) is 11.3 Å². The number of fused-ring (bicyclic) bond motifs is 2. The molecule has 3 heterocycles. The molecule has 2 aliphatic heterocycles. The normalized spacial score (nSPS) is 18.9. The Bertz CT molecular complexity index is 1260. The molecule has 8 heteroatoms. The van der Waals surface area contributed by atoms with Crippen LogP contribution in [0, 0.1) is 11.8 Å². The zero-order valence-corrected chi connectivity index (χ0v) is 19.5. The fourth-order valence-corrected chi connectivity index (χ4v) is 5.63. The quantitative estimate of drug-likeness (QED) is 0.569. The van der Waals surface area contributed by atoms with Crippen LogP contribution in [0.3, 0.4) is 0 Å². The first kappa shape index (κ1) is 22.0. The standard InChI is InChI=1S/C26H24N4O3S/c1-2-6-22(31)30-18-11-12-19(30)16-29(15-18)26-28-23(24(34-26)25(27)32)17-9-13-21(14-10-17)33-20-7-4-3-5-8-20/h3-5,7-10,13-14,18-19H,11-12,15-16H2,1H3,(H2,27,32)/t18-,19+. The highest BCUT2D eigenvalue weighted by Gasteiger charge is 2.43. The number of para-hydroxylation sites is 1. The third kappa shape index (κ3) is 4.22. The lowest BCUT2D eigenvalue weighted by Gasteiger charge is -2.40. The van der Waals surface area contributed by atoms with Crippen molar-refractivity contribution in [1.29, 1.82) is 0 Å². The average molecular weight is 473 g/mol. The largest absolute Gasteiger partial charge is 0.457 e.